The molecule has 1 heterocycles. The largest absolute Gasteiger partial charge is 0.497 e. The molecule has 3 rings (SSSR count). The molecule has 0 radical (unpaired) electrons. The van der Waals surface area contributed by atoms with Crippen LogP contribution in [0.25, 0.3) is 0 Å². The fourth-order valence-electron chi connectivity index (χ4n) is 3.31. The number of sulfone groups is 1. The van der Waals surface area contributed by atoms with Crippen LogP contribution in [-0.4, -0.2) is 37.4 Å². The quantitative estimate of drug-likeness (QED) is 0.714. The maximum atomic E-state index is 12.3. The standard InChI is InChI=1S/C19H25N3O5S/c1-26-15-9-11-16(12-10-15)28(24,25)13-5-8-17(23)20-19-22-21-18(27-19)14-6-3-2-4-7-14/h9-12,14H,2-8,13H2,1H3,(H,20,22,23). The van der Waals surface area contributed by atoms with Crippen molar-refractivity contribution in [3.63, 3.8) is 0 Å². The molecule has 2 aromatic rings. The lowest BCUT2D eigenvalue weighted by Crippen LogP contribution is -2.14. The summed E-state index contributed by atoms with van der Waals surface area (Å²) in [6, 6.07) is 6.26. The van der Waals surface area contributed by atoms with Crippen molar-refractivity contribution in [3.05, 3.63) is 30.2 Å². The van der Waals surface area contributed by atoms with Crippen LogP contribution in [0.15, 0.2) is 33.6 Å². The summed E-state index contributed by atoms with van der Waals surface area (Å²) in [4.78, 5) is 12.3. The molecule has 0 atom stereocenters. The maximum absolute atomic E-state index is 12.3. The second kappa shape index (κ2) is 9.18. The zero-order valence-electron chi connectivity index (χ0n) is 15.9. The van der Waals surface area contributed by atoms with Gasteiger partial charge in [-0.1, -0.05) is 24.4 Å². The smallest absolute Gasteiger partial charge is 0.322 e. The molecule has 9 heteroatoms. The summed E-state index contributed by atoms with van der Waals surface area (Å²) in [6.07, 6.45) is 5.83. The second-order valence-electron chi connectivity index (χ2n) is 6.93. The number of benzene rings is 1. The van der Waals surface area contributed by atoms with E-state index in [4.69, 9.17) is 9.15 Å². The molecule has 1 aliphatic rings. The van der Waals surface area contributed by atoms with Crippen LogP contribution in [0.3, 0.4) is 0 Å². The molecule has 0 aliphatic heterocycles. The fraction of sp³-hybridized carbons (Fsp3) is 0.526. The van der Waals surface area contributed by atoms with E-state index >= 15 is 0 Å². The first-order valence-electron chi connectivity index (χ1n) is 9.48. The average Bonchev–Trinajstić information content (AvgIpc) is 3.17. The molecule has 0 saturated heterocycles. The molecule has 1 saturated carbocycles. The first-order chi connectivity index (χ1) is 13.5. The van der Waals surface area contributed by atoms with Crippen molar-refractivity contribution < 1.29 is 22.4 Å². The number of carbonyl (C=O) groups excluding carboxylic acids is 1. The van der Waals surface area contributed by atoms with Crippen molar-refractivity contribution in [2.45, 2.75) is 55.8 Å². The Morgan fingerprint density at radius 1 is 1.18 bits per heavy atom. The molecule has 1 fully saturated rings. The SMILES string of the molecule is COc1ccc(S(=O)(=O)CCCC(=O)Nc2nnc(C3CCCCC3)o2)cc1. The summed E-state index contributed by atoms with van der Waals surface area (Å²) in [5, 5.41) is 10.5. The number of hydrogen-bond donors (Lipinski definition) is 1. The second-order valence-corrected chi connectivity index (χ2v) is 9.04. The van der Waals surface area contributed by atoms with E-state index in [2.05, 4.69) is 15.5 Å². The maximum Gasteiger partial charge on any atom is 0.322 e. The topological polar surface area (TPSA) is 111 Å². The van der Waals surface area contributed by atoms with Gasteiger partial charge in [-0.05, 0) is 43.5 Å². The Balaban J connectivity index is 1.47. The molecular weight excluding hydrogens is 382 g/mol. The number of methoxy groups -OCH3 is 1. The van der Waals surface area contributed by atoms with E-state index in [1.165, 1.54) is 25.7 Å². The molecule has 28 heavy (non-hydrogen) atoms. The summed E-state index contributed by atoms with van der Waals surface area (Å²) in [7, 11) is -1.93. The first-order valence-corrected chi connectivity index (χ1v) is 11.1. The Bertz CT molecular complexity index is 887. The Morgan fingerprint density at radius 3 is 2.57 bits per heavy atom. The summed E-state index contributed by atoms with van der Waals surface area (Å²) < 4.78 is 35.2. The molecule has 0 bridgehead atoms. The molecule has 1 aromatic carbocycles. The van der Waals surface area contributed by atoms with Gasteiger partial charge < -0.3 is 9.15 Å². The van der Waals surface area contributed by atoms with Crippen molar-refractivity contribution in [1.29, 1.82) is 0 Å². The number of nitrogens with zero attached hydrogens (tertiary/aromatic N) is 2. The van der Waals surface area contributed by atoms with Crippen LogP contribution in [0.5, 0.6) is 5.75 Å². The monoisotopic (exact) mass is 407 g/mol. The van der Waals surface area contributed by atoms with Crippen molar-refractivity contribution in [2.24, 2.45) is 0 Å². The molecule has 0 unspecified atom stereocenters. The van der Waals surface area contributed by atoms with Gasteiger partial charge in [0.25, 0.3) is 0 Å². The summed E-state index contributed by atoms with van der Waals surface area (Å²) in [5.41, 5.74) is 0. The van der Waals surface area contributed by atoms with Crippen molar-refractivity contribution in [3.8, 4) is 5.75 Å². The lowest BCUT2D eigenvalue weighted by Gasteiger charge is -2.17. The van der Waals surface area contributed by atoms with E-state index in [1.54, 1.807) is 12.1 Å². The first kappa shape index (κ1) is 20.3. The predicted molar refractivity (Wildman–Crippen MR) is 103 cm³/mol. The number of hydrogen-bond acceptors (Lipinski definition) is 7. The third-order valence-electron chi connectivity index (χ3n) is 4.88. The molecule has 1 N–H and O–H groups in total. The minimum absolute atomic E-state index is 0.0521. The van der Waals surface area contributed by atoms with Crippen LogP contribution in [0.1, 0.15) is 56.8 Å². The summed E-state index contributed by atoms with van der Waals surface area (Å²) in [6.45, 7) is 0. The normalized spacial score (nSPS) is 15.3. The highest BCUT2D eigenvalue weighted by Gasteiger charge is 2.22. The van der Waals surface area contributed by atoms with Gasteiger partial charge in [0, 0.05) is 12.3 Å². The Morgan fingerprint density at radius 2 is 1.89 bits per heavy atom. The van der Waals surface area contributed by atoms with Crippen molar-refractivity contribution in [1.82, 2.24) is 10.2 Å². The number of ether oxygens (including phenoxy) is 1. The molecular formula is C19H25N3O5S. The highest BCUT2D eigenvalue weighted by molar-refractivity contribution is 7.91. The highest BCUT2D eigenvalue weighted by atomic mass is 32.2. The average molecular weight is 407 g/mol. The predicted octanol–water partition coefficient (Wildman–Crippen LogP) is 3.32. The van der Waals surface area contributed by atoms with E-state index in [9.17, 15) is 13.2 Å². The van der Waals surface area contributed by atoms with E-state index < -0.39 is 9.84 Å². The zero-order valence-corrected chi connectivity index (χ0v) is 16.7. The van der Waals surface area contributed by atoms with Gasteiger partial charge in [0.05, 0.1) is 17.8 Å². The van der Waals surface area contributed by atoms with Gasteiger partial charge in [0.15, 0.2) is 9.84 Å². The lowest BCUT2D eigenvalue weighted by atomic mass is 9.89. The number of aromatic nitrogens is 2. The van der Waals surface area contributed by atoms with E-state index in [1.807, 2.05) is 0 Å². The van der Waals surface area contributed by atoms with Gasteiger partial charge in [0.2, 0.25) is 11.8 Å². The molecule has 152 valence electrons. The Hall–Kier alpha value is -2.42. The van der Waals surface area contributed by atoms with E-state index in [0.717, 1.165) is 25.7 Å². The number of rotatable bonds is 8. The molecule has 1 aromatic heterocycles. The van der Waals surface area contributed by atoms with Gasteiger partial charge in [-0.25, -0.2) is 8.42 Å². The Labute approximate surface area is 164 Å². The highest BCUT2D eigenvalue weighted by Crippen LogP contribution is 2.32. The zero-order chi connectivity index (χ0) is 20.0. The molecule has 1 aliphatic carbocycles. The number of anilines is 1. The van der Waals surface area contributed by atoms with Gasteiger partial charge in [0.1, 0.15) is 5.75 Å². The van der Waals surface area contributed by atoms with Crippen LogP contribution in [0, 0.1) is 0 Å². The van der Waals surface area contributed by atoms with Crippen LogP contribution in [-0.2, 0) is 14.6 Å². The van der Waals surface area contributed by atoms with E-state index in [0.29, 0.717) is 11.6 Å². The van der Waals surface area contributed by atoms with Gasteiger partial charge in [-0.2, -0.15) is 0 Å². The lowest BCUT2D eigenvalue weighted by molar-refractivity contribution is -0.116. The number of amides is 1. The van der Waals surface area contributed by atoms with Crippen LogP contribution in [0.2, 0.25) is 0 Å². The molecule has 0 spiro atoms. The van der Waals surface area contributed by atoms with Crippen molar-refractivity contribution in [2.75, 3.05) is 18.2 Å². The third kappa shape index (κ3) is 5.31. The van der Waals surface area contributed by atoms with Crippen LogP contribution < -0.4 is 10.1 Å². The minimum Gasteiger partial charge on any atom is -0.497 e. The van der Waals surface area contributed by atoms with Crippen LogP contribution in [0.4, 0.5) is 6.01 Å². The Kier molecular flexibility index (Phi) is 6.66. The summed E-state index contributed by atoms with van der Waals surface area (Å²) in [5.74, 6) is 0.956. The number of nitrogens with one attached hydrogen (secondary N) is 1. The van der Waals surface area contributed by atoms with Gasteiger partial charge in [-0.15, -0.1) is 5.10 Å². The fourth-order valence-corrected chi connectivity index (χ4v) is 4.62. The third-order valence-corrected chi connectivity index (χ3v) is 6.69. The minimum atomic E-state index is -3.45. The number of carbonyl (C=O) groups is 1. The van der Waals surface area contributed by atoms with Crippen LogP contribution >= 0.6 is 0 Å². The van der Waals surface area contributed by atoms with Crippen molar-refractivity contribution >= 4 is 21.8 Å². The molecule has 8 nitrogen and oxygen atoms in total. The van der Waals surface area contributed by atoms with Gasteiger partial charge >= 0.3 is 6.01 Å². The summed E-state index contributed by atoms with van der Waals surface area (Å²) >= 11 is 0. The van der Waals surface area contributed by atoms with E-state index in [-0.39, 0.29) is 41.3 Å². The molecule has 1 amide bonds. The van der Waals surface area contributed by atoms with Gasteiger partial charge in [-0.3, -0.25) is 10.1 Å².